The van der Waals surface area contributed by atoms with Crippen molar-refractivity contribution < 1.29 is 9.53 Å². The standard InChI is InChI=1S/C22H20BrNO2/c1-16(17-11-13-19(23)14-12-17)24-22(25)15-26-21-10-6-5-9-20(21)18-7-3-2-4-8-18/h2-14,16H,15H2,1H3,(H,24,25)/t16-/m1/s1. The molecule has 1 N–H and O–H groups in total. The lowest BCUT2D eigenvalue weighted by Gasteiger charge is -2.16. The summed E-state index contributed by atoms with van der Waals surface area (Å²) in [6.07, 6.45) is 0. The van der Waals surface area contributed by atoms with Crippen LogP contribution in [-0.4, -0.2) is 12.5 Å². The molecule has 26 heavy (non-hydrogen) atoms. The lowest BCUT2D eigenvalue weighted by Crippen LogP contribution is -2.31. The van der Waals surface area contributed by atoms with Crippen LogP contribution < -0.4 is 10.1 Å². The lowest BCUT2D eigenvalue weighted by atomic mass is 10.1. The van der Waals surface area contributed by atoms with Crippen LogP contribution in [0.25, 0.3) is 11.1 Å². The third-order valence-electron chi connectivity index (χ3n) is 4.08. The number of rotatable bonds is 6. The Kier molecular flexibility index (Phi) is 6.08. The molecule has 1 atom stereocenters. The normalized spacial score (nSPS) is 11.6. The minimum Gasteiger partial charge on any atom is -0.483 e. The number of amides is 1. The Morgan fingerprint density at radius 3 is 2.35 bits per heavy atom. The van der Waals surface area contributed by atoms with Crippen molar-refractivity contribution in [3.63, 3.8) is 0 Å². The van der Waals surface area contributed by atoms with Crippen LogP contribution in [0.3, 0.4) is 0 Å². The molecular weight excluding hydrogens is 390 g/mol. The highest BCUT2D eigenvalue weighted by atomic mass is 79.9. The summed E-state index contributed by atoms with van der Waals surface area (Å²) < 4.78 is 6.80. The maximum atomic E-state index is 12.3. The van der Waals surface area contributed by atoms with Crippen LogP contribution in [0.15, 0.2) is 83.3 Å². The van der Waals surface area contributed by atoms with Gasteiger partial charge in [0.2, 0.25) is 0 Å². The monoisotopic (exact) mass is 409 g/mol. The molecule has 132 valence electrons. The van der Waals surface area contributed by atoms with Crippen molar-refractivity contribution in [1.82, 2.24) is 5.32 Å². The number of para-hydroxylation sites is 1. The SMILES string of the molecule is C[C@@H](NC(=O)COc1ccccc1-c1ccccc1)c1ccc(Br)cc1. The van der Waals surface area contributed by atoms with Gasteiger partial charge in [-0.1, -0.05) is 76.6 Å². The Bertz CT molecular complexity index is 863. The van der Waals surface area contributed by atoms with E-state index in [0.717, 1.165) is 21.2 Å². The van der Waals surface area contributed by atoms with Crippen LogP contribution in [0.2, 0.25) is 0 Å². The van der Waals surface area contributed by atoms with Gasteiger partial charge in [-0.25, -0.2) is 0 Å². The zero-order chi connectivity index (χ0) is 18.4. The van der Waals surface area contributed by atoms with Crippen molar-refractivity contribution in [2.75, 3.05) is 6.61 Å². The van der Waals surface area contributed by atoms with E-state index < -0.39 is 0 Å². The highest BCUT2D eigenvalue weighted by Gasteiger charge is 2.12. The average molecular weight is 410 g/mol. The summed E-state index contributed by atoms with van der Waals surface area (Å²) in [7, 11) is 0. The molecule has 0 unspecified atom stereocenters. The van der Waals surface area contributed by atoms with Gasteiger partial charge < -0.3 is 10.1 Å². The highest BCUT2D eigenvalue weighted by molar-refractivity contribution is 9.10. The van der Waals surface area contributed by atoms with Gasteiger partial charge in [0.25, 0.3) is 5.91 Å². The summed E-state index contributed by atoms with van der Waals surface area (Å²) in [4.78, 5) is 12.3. The van der Waals surface area contributed by atoms with E-state index in [0.29, 0.717) is 5.75 Å². The number of carbonyl (C=O) groups is 1. The molecule has 3 nitrogen and oxygen atoms in total. The molecule has 0 aliphatic carbocycles. The summed E-state index contributed by atoms with van der Waals surface area (Å²) in [6, 6.07) is 25.6. The van der Waals surface area contributed by atoms with Gasteiger partial charge in [0.15, 0.2) is 6.61 Å². The van der Waals surface area contributed by atoms with Crippen LogP contribution in [0.5, 0.6) is 5.75 Å². The highest BCUT2D eigenvalue weighted by Crippen LogP contribution is 2.29. The predicted molar refractivity (Wildman–Crippen MR) is 108 cm³/mol. The van der Waals surface area contributed by atoms with Crippen molar-refractivity contribution in [3.05, 3.63) is 88.9 Å². The Hall–Kier alpha value is -2.59. The number of nitrogens with one attached hydrogen (secondary N) is 1. The molecule has 3 aromatic rings. The van der Waals surface area contributed by atoms with Crippen molar-refractivity contribution >= 4 is 21.8 Å². The minimum atomic E-state index is -0.150. The first-order valence-corrected chi connectivity index (χ1v) is 9.25. The van der Waals surface area contributed by atoms with Crippen LogP contribution in [0.1, 0.15) is 18.5 Å². The third kappa shape index (κ3) is 4.73. The molecule has 1 amide bonds. The van der Waals surface area contributed by atoms with E-state index in [9.17, 15) is 4.79 Å². The number of ether oxygens (including phenoxy) is 1. The summed E-state index contributed by atoms with van der Waals surface area (Å²) >= 11 is 3.41. The molecule has 0 saturated carbocycles. The van der Waals surface area contributed by atoms with E-state index >= 15 is 0 Å². The Labute approximate surface area is 162 Å². The van der Waals surface area contributed by atoms with Crippen LogP contribution in [0, 0.1) is 0 Å². The molecule has 0 aromatic heterocycles. The van der Waals surface area contributed by atoms with Crippen molar-refractivity contribution in [2.45, 2.75) is 13.0 Å². The quantitative estimate of drug-likeness (QED) is 0.593. The molecule has 0 aliphatic rings. The molecule has 3 aromatic carbocycles. The zero-order valence-corrected chi connectivity index (χ0v) is 16.1. The second kappa shape index (κ2) is 8.68. The van der Waals surface area contributed by atoms with Crippen molar-refractivity contribution in [3.8, 4) is 16.9 Å². The van der Waals surface area contributed by atoms with Gasteiger partial charge in [-0.05, 0) is 36.2 Å². The zero-order valence-electron chi connectivity index (χ0n) is 14.5. The fourth-order valence-electron chi connectivity index (χ4n) is 2.71. The predicted octanol–water partition coefficient (Wildman–Crippen LogP) is 5.37. The first kappa shape index (κ1) is 18.2. The maximum absolute atomic E-state index is 12.3. The second-order valence-electron chi connectivity index (χ2n) is 5.99. The fourth-order valence-corrected chi connectivity index (χ4v) is 2.97. The van der Waals surface area contributed by atoms with E-state index in [-0.39, 0.29) is 18.6 Å². The number of halogens is 1. The number of benzene rings is 3. The smallest absolute Gasteiger partial charge is 0.258 e. The van der Waals surface area contributed by atoms with Gasteiger partial charge in [0.05, 0.1) is 6.04 Å². The molecule has 0 aliphatic heterocycles. The van der Waals surface area contributed by atoms with Crippen LogP contribution >= 0.6 is 15.9 Å². The summed E-state index contributed by atoms with van der Waals surface area (Å²) in [5, 5.41) is 2.97. The maximum Gasteiger partial charge on any atom is 0.258 e. The van der Waals surface area contributed by atoms with E-state index in [1.807, 2.05) is 85.8 Å². The second-order valence-corrected chi connectivity index (χ2v) is 6.91. The first-order valence-electron chi connectivity index (χ1n) is 8.45. The molecule has 0 radical (unpaired) electrons. The number of carbonyl (C=O) groups excluding carboxylic acids is 1. The number of hydrogen-bond donors (Lipinski definition) is 1. The molecule has 3 rings (SSSR count). The largest absolute Gasteiger partial charge is 0.483 e. The van der Waals surface area contributed by atoms with Gasteiger partial charge in [-0.2, -0.15) is 0 Å². The Morgan fingerprint density at radius 2 is 1.62 bits per heavy atom. The Morgan fingerprint density at radius 1 is 0.962 bits per heavy atom. The van der Waals surface area contributed by atoms with Gasteiger partial charge in [0, 0.05) is 10.0 Å². The van der Waals surface area contributed by atoms with Gasteiger partial charge >= 0.3 is 0 Å². The van der Waals surface area contributed by atoms with Gasteiger partial charge in [-0.15, -0.1) is 0 Å². The Balaban J connectivity index is 1.62. The van der Waals surface area contributed by atoms with Gasteiger partial charge in [-0.3, -0.25) is 4.79 Å². The van der Waals surface area contributed by atoms with E-state index in [4.69, 9.17) is 4.74 Å². The van der Waals surface area contributed by atoms with E-state index in [1.165, 1.54) is 0 Å². The lowest BCUT2D eigenvalue weighted by molar-refractivity contribution is -0.123. The summed E-state index contributed by atoms with van der Waals surface area (Å²) in [5.41, 5.74) is 3.08. The molecular formula is C22H20BrNO2. The fraction of sp³-hybridized carbons (Fsp3) is 0.136. The van der Waals surface area contributed by atoms with Crippen LogP contribution in [-0.2, 0) is 4.79 Å². The molecule has 0 saturated heterocycles. The number of hydrogen-bond acceptors (Lipinski definition) is 2. The molecule has 0 bridgehead atoms. The third-order valence-corrected chi connectivity index (χ3v) is 4.61. The van der Waals surface area contributed by atoms with E-state index in [2.05, 4.69) is 21.2 Å². The summed E-state index contributed by atoms with van der Waals surface area (Å²) in [5.74, 6) is 0.549. The molecule has 0 heterocycles. The van der Waals surface area contributed by atoms with Gasteiger partial charge in [0.1, 0.15) is 5.75 Å². The van der Waals surface area contributed by atoms with E-state index in [1.54, 1.807) is 0 Å². The van der Waals surface area contributed by atoms with Crippen molar-refractivity contribution in [2.24, 2.45) is 0 Å². The minimum absolute atomic E-state index is 0.0231. The average Bonchev–Trinajstić information content (AvgIpc) is 2.68. The van der Waals surface area contributed by atoms with Crippen LogP contribution in [0.4, 0.5) is 0 Å². The molecule has 0 fully saturated rings. The molecule has 4 heteroatoms. The summed E-state index contributed by atoms with van der Waals surface area (Å²) in [6.45, 7) is 1.93. The first-order chi connectivity index (χ1) is 12.6. The topological polar surface area (TPSA) is 38.3 Å². The molecule has 0 spiro atoms. The van der Waals surface area contributed by atoms with Crippen molar-refractivity contribution in [1.29, 1.82) is 0 Å².